The molecule has 2 nitrogen and oxygen atoms in total. The minimum Gasteiger partial charge on any atom is -0.329 e. The normalized spacial score (nSPS) is 35.2. The van der Waals surface area contributed by atoms with E-state index in [2.05, 4.69) is 37.4 Å². The van der Waals surface area contributed by atoms with Gasteiger partial charge in [-0.3, -0.25) is 0 Å². The second-order valence-electron chi connectivity index (χ2n) is 4.85. The average molecular weight is 262 g/mol. The van der Waals surface area contributed by atoms with E-state index in [4.69, 9.17) is 11.5 Å². The van der Waals surface area contributed by atoms with Gasteiger partial charge in [0.2, 0.25) is 0 Å². The molecule has 0 saturated carbocycles. The van der Waals surface area contributed by atoms with Crippen molar-refractivity contribution in [1.82, 2.24) is 0 Å². The number of nitrogens with two attached hydrogens (primary N) is 2. The summed E-state index contributed by atoms with van der Waals surface area (Å²) in [5.41, 5.74) is 11.9. The highest BCUT2D eigenvalue weighted by Crippen LogP contribution is 2.47. The van der Waals surface area contributed by atoms with Crippen molar-refractivity contribution < 1.29 is 0 Å². The van der Waals surface area contributed by atoms with Crippen molar-refractivity contribution in [3.63, 3.8) is 0 Å². The van der Waals surface area contributed by atoms with Crippen LogP contribution in [0.1, 0.15) is 39.5 Å². The second kappa shape index (κ2) is 6.53. The van der Waals surface area contributed by atoms with Crippen LogP contribution >= 0.6 is 23.5 Å². The topological polar surface area (TPSA) is 52.0 Å². The zero-order valence-corrected chi connectivity index (χ0v) is 12.3. The van der Waals surface area contributed by atoms with Crippen LogP contribution in [0.15, 0.2) is 0 Å². The largest absolute Gasteiger partial charge is 0.329 e. The molecule has 0 radical (unpaired) electrons. The van der Waals surface area contributed by atoms with E-state index in [-0.39, 0.29) is 0 Å². The minimum atomic E-state index is 0.325. The van der Waals surface area contributed by atoms with Gasteiger partial charge in [0.15, 0.2) is 0 Å². The zero-order valence-electron chi connectivity index (χ0n) is 10.6. The van der Waals surface area contributed by atoms with Crippen LogP contribution in [0.2, 0.25) is 0 Å². The van der Waals surface area contributed by atoms with Crippen LogP contribution in [0.4, 0.5) is 0 Å². The molecule has 2 unspecified atom stereocenters. The molecule has 0 bridgehead atoms. The molecule has 96 valence electrons. The molecular formula is C12H26N2S2. The van der Waals surface area contributed by atoms with Crippen LogP contribution in [0.5, 0.6) is 0 Å². The van der Waals surface area contributed by atoms with E-state index >= 15 is 0 Å². The van der Waals surface area contributed by atoms with E-state index in [1.54, 1.807) is 0 Å². The number of rotatable bonds is 6. The average Bonchev–Trinajstić information content (AvgIpc) is 2.33. The number of hydrogen-bond acceptors (Lipinski definition) is 4. The molecule has 1 aliphatic rings. The maximum Gasteiger partial charge on any atom is 0.0373 e. The summed E-state index contributed by atoms with van der Waals surface area (Å²) in [4.78, 5) is 0. The Morgan fingerprint density at radius 2 is 1.25 bits per heavy atom. The first-order valence-electron chi connectivity index (χ1n) is 6.34. The molecule has 0 aromatic carbocycles. The first-order valence-corrected chi connectivity index (χ1v) is 8.31. The van der Waals surface area contributed by atoms with Crippen molar-refractivity contribution in [3.05, 3.63) is 0 Å². The molecule has 0 aromatic rings. The van der Waals surface area contributed by atoms with E-state index in [9.17, 15) is 0 Å². The summed E-state index contributed by atoms with van der Waals surface area (Å²) in [6, 6.07) is 0. The van der Waals surface area contributed by atoms with Gasteiger partial charge in [-0.2, -0.15) is 23.5 Å². The maximum atomic E-state index is 5.96. The number of thioether (sulfide) groups is 2. The molecule has 1 rings (SSSR count). The van der Waals surface area contributed by atoms with Crippen LogP contribution in [-0.2, 0) is 0 Å². The van der Waals surface area contributed by atoms with Crippen molar-refractivity contribution >= 4 is 23.5 Å². The van der Waals surface area contributed by atoms with Crippen molar-refractivity contribution in [3.8, 4) is 0 Å². The zero-order chi connectivity index (χ0) is 12.1. The summed E-state index contributed by atoms with van der Waals surface area (Å²) in [6.45, 7) is 6.12. The Bertz CT molecular complexity index is 179. The van der Waals surface area contributed by atoms with Crippen LogP contribution < -0.4 is 11.5 Å². The molecule has 0 amide bonds. The Morgan fingerprint density at radius 3 is 1.44 bits per heavy atom. The Hall–Kier alpha value is 0.620. The van der Waals surface area contributed by atoms with Crippen LogP contribution in [0.3, 0.4) is 0 Å². The highest BCUT2D eigenvalue weighted by Gasteiger charge is 2.41. The summed E-state index contributed by atoms with van der Waals surface area (Å²) >= 11 is 4.16. The predicted molar refractivity (Wildman–Crippen MR) is 78.3 cm³/mol. The Kier molecular flexibility index (Phi) is 5.99. The lowest BCUT2D eigenvalue weighted by molar-refractivity contribution is 0.549. The quantitative estimate of drug-likeness (QED) is 0.772. The van der Waals surface area contributed by atoms with E-state index < -0.39 is 0 Å². The van der Waals surface area contributed by atoms with E-state index in [1.165, 1.54) is 37.2 Å². The summed E-state index contributed by atoms with van der Waals surface area (Å²) < 4.78 is 0.650. The summed E-state index contributed by atoms with van der Waals surface area (Å²) in [7, 11) is 0. The van der Waals surface area contributed by atoms with Crippen molar-refractivity contribution in [2.45, 2.75) is 49.0 Å². The van der Waals surface area contributed by atoms with Crippen molar-refractivity contribution in [2.24, 2.45) is 11.5 Å². The third-order valence-electron chi connectivity index (χ3n) is 3.44. The Labute approximate surface area is 109 Å². The van der Waals surface area contributed by atoms with E-state index in [0.29, 0.717) is 9.49 Å². The first kappa shape index (κ1) is 14.7. The minimum absolute atomic E-state index is 0.325. The molecule has 2 atom stereocenters. The summed E-state index contributed by atoms with van der Waals surface area (Å²) in [6.07, 6.45) is 4.95. The van der Waals surface area contributed by atoms with E-state index in [0.717, 1.165) is 13.1 Å². The molecule has 1 saturated heterocycles. The molecule has 1 aliphatic heterocycles. The van der Waals surface area contributed by atoms with Gasteiger partial charge in [0.05, 0.1) is 0 Å². The van der Waals surface area contributed by atoms with Gasteiger partial charge in [-0.15, -0.1) is 0 Å². The monoisotopic (exact) mass is 262 g/mol. The van der Waals surface area contributed by atoms with Crippen LogP contribution in [0.25, 0.3) is 0 Å². The lowest BCUT2D eigenvalue weighted by atomic mass is 10.0. The summed E-state index contributed by atoms with van der Waals surface area (Å²) in [5, 5.41) is 0. The standard InChI is InChI=1S/C12H26N2S2/c1-3-5-11(7-13)9-16-12(8-14,6-4-2)10-15-11/h3-10,13-14H2,1-2H3. The van der Waals surface area contributed by atoms with Gasteiger partial charge in [0.25, 0.3) is 0 Å². The fraction of sp³-hybridized carbons (Fsp3) is 1.00. The van der Waals surface area contributed by atoms with Gasteiger partial charge < -0.3 is 11.5 Å². The molecule has 1 fully saturated rings. The van der Waals surface area contributed by atoms with Gasteiger partial charge in [0.1, 0.15) is 0 Å². The van der Waals surface area contributed by atoms with Gasteiger partial charge in [-0.1, -0.05) is 26.7 Å². The molecule has 4 N–H and O–H groups in total. The highest BCUT2D eigenvalue weighted by atomic mass is 32.2. The van der Waals surface area contributed by atoms with Crippen LogP contribution in [0, 0.1) is 0 Å². The molecular weight excluding hydrogens is 236 g/mol. The maximum absolute atomic E-state index is 5.96. The van der Waals surface area contributed by atoms with Crippen molar-refractivity contribution in [2.75, 3.05) is 24.6 Å². The van der Waals surface area contributed by atoms with Crippen molar-refractivity contribution in [1.29, 1.82) is 0 Å². The predicted octanol–water partition coefficient (Wildman–Crippen LogP) is 2.46. The Balaban J connectivity index is 2.59. The fourth-order valence-corrected chi connectivity index (χ4v) is 5.91. The molecule has 4 heteroatoms. The molecule has 0 aromatic heterocycles. The lowest BCUT2D eigenvalue weighted by Gasteiger charge is -2.45. The smallest absolute Gasteiger partial charge is 0.0373 e. The molecule has 0 spiro atoms. The molecule has 0 aliphatic carbocycles. The third kappa shape index (κ3) is 3.31. The van der Waals surface area contributed by atoms with Crippen LogP contribution in [-0.4, -0.2) is 34.1 Å². The fourth-order valence-electron chi connectivity index (χ4n) is 2.29. The van der Waals surface area contributed by atoms with Gasteiger partial charge >= 0.3 is 0 Å². The highest BCUT2D eigenvalue weighted by molar-refractivity contribution is 8.08. The second-order valence-corrected chi connectivity index (χ2v) is 7.74. The SMILES string of the molecule is CCCC1(CN)CSC(CN)(CCC)CS1. The molecule has 1 heterocycles. The first-order chi connectivity index (χ1) is 7.66. The third-order valence-corrected chi connectivity index (χ3v) is 7.45. The van der Waals surface area contributed by atoms with Gasteiger partial charge in [-0.25, -0.2) is 0 Å². The lowest BCUT2D eigenvalue weighted by Crippen LogP contribution is -2.49. The van der Waals surface area contributed by atoms with Gasteiger partial charge in [0, 0.05) is 34.1 Å². The van der Waals surface area contributed by atoms with E-state index in [1.807, 2.05) is 0 Å². The number of hydrogen-bond donors (Lipinski definition) is 2. The van der Waals surface area contributed by atoms with Gasteiger partial charge in [-0.05, 0) is 12.8 Å². The molecule has 16 heavy (non-hydrogen) atoms. The Morgan fingerprint density at radius 1 is 0.875 bits per heavy atom. The summed E-state index contributed by atoms with van der Waals surface area (Å²) in [5.74, 6) is 2.36.